The van der Waals surface area contributed by atoms with Gasteiger partial charge in [-0.1, -0.05) is 12.1 Å². The van der Waals surface area contributed by atoms with Crippen LogP contribution in [-0.2, 0) is 0 Å². The summed E-state index contributed by atoms with van der Waals surface area (Å²) in [6, 6.07) is 13.6. The van der Waals surface area contributed by atoms with Gasteiger partial charge in [-0.3, -0.25) is 9.78 Å². The van der Waals surface area contributed by atoms with Gasteiger partial charge in [-0.2, -0.15) is 0 Å². The largest absolute Gasteiger partial charge is 0.295 e. The van der Waals surface area contributed by atoms with Gasteiger partial charge in [-0.15, -0.1) is 0 Å². The molecular formula is C20H13FN2O. The van der Waals surface area contributed by atoms with Gasteiger partial charge in [0.15, 0.2) is 5.78 Å². The predicted octanol–water partition coefficient (Wildman–Crippen LogP) is 4.79. The summed E-state index contributed by atoms with van der Waals surface area (Å²) in [5.41, 5.74) is 2.91. The summed E-state index contributed by atoms with van der Waals surface area (Å²) in [6.45, 7) is 1.53. The lowest BCUT2D eigenvalue weighted by atomic mass is 10.00. The average Bonchev–Trinajstić information content (AvgIpc) is 2.61. The number of hydrogen-bond acceptors (Lipinski definition) is 3. The molecule has 0 unspecified atom stereocenters. The first-order valence-corrected chi connectivity index (χ1v) is 7.58. The molecule has 0 spiro atoms. The van der Waals surface area contributed by atoms with Crippen LogP contribution in [0.3, 0.4) is 0 Å². The number of pyridine rings is 2. The molecule has 3 nitrogen and oxygen atoms in total. The first kappa shape index (κ1) is 14.5. The lowest BCUT2D eigenvalue weighted by molar-refractivity contribution is 0.101. The summed E-state index contributed by atoms with van der Waals surface area (Å²) in [7, 11) is 0. The van der Waals surface area contributed by atoms with Crippen LogP contribution >= 0.6 is 0 Å². The van der Waals surface area contributed by atoms with Crippen molar-refractivity contribution in [2.24, 2.45) is 0 Å². The van der Waals surface area contributed by atoms with Crippen LogP contribution in [0.1, 0.15) is 17.3 Å². The first-order valence-electron chi connectivity index (χ1n) is 7.58. The molecule has 0 N–H and O–H groups in total. The SMILES string of the molecule is CC(=O)c1ccc2c(c1)nc(-c1ccc(F)cc1)c1ccncc12. The summed E-state index contributed by atoms with van der Waals surface area (Å²) >= 11 is 0. The Balaban J connectivity index is 2.10. The smallest absolute Gasteiger partial charge is 0.159 e. The van der Waals surface area contributed by atoms with Gasteiger partial charge in [0, 0.05) is 39.7 Å². The number of carbonyl (C=O) groups excluding carboxylic acids is 1. The van der Waals surface area contributed by atoms with Crippen LogP contribution in [0.5, 0.6) is 0 Å². The Hall–Kier alpha value is -3.14. The molecule has 4 heteroatoms. The third-order valence-electron chi connectivity index (χ3n) is 4.12. The Morgan fingerprint density at radius 1 is 0.958 bits per heavy atom. The molecule has 24 heavy (non-hydrogen) atoms. The highest BCUT2D eigenvalue weighted by Crippen LogP contribution is 2.32. The molecule has 0 aliphatic heterocycles. The Bertz CT molecular complexity index is 1090. The summed E-state index contributed by atoms with van der Waals surface area (Å²) in [5, 5.41) is 2.84. The molecule has 0 aliphatic rings. The van der Waals surface area contributed by atoms with E-state index < -0.39 is 0 Å². The fourth-order valence-electron chi connectivity index (χ4n) is 2.89. The van der Waals surface area contributed by atoms with Gasteiger partial charge >= 0.3 is 0 Å². The van der Waals surface area contributed by atoms with Crippen LogP contribution in [0.15, 0.2) is 60.9 Å². The minimum Gasteiger partial charge on any atom is -0.295 e. The van der Waals surface area contributed by atoms with E-state index in [1.807, 2.05) is 12.1 Å². The van der Waals surface area contributed by atoms with Crippen molar-refractivity contribution >= 4 is 27.5 Å². The molecule has 0 fully saturated rings. The molecular weight excluding hydrogens is 303 g/mol. The number of Topliss-reactive ketones (excluding diaryl/α,β-unsaturated/α-hetero) is 1. The van der Waals surface area contributed by atoms with E-state index in [1.54, 1.807) is 36.7 Å². The molecule has 0 saturated heterocycles. The van der Waals surface area contributed by atoms with Crippen LogP contribution in [0, 0.1) is 5.82 Å². The Morgan fingerprint density at radius 3 is 2.50 bits per heavy atom. The van der Waals surface area contributed by atoms with Crippen molar-refractivity contribution in [1.82, 2.24) is 9.97 Å². The quantitative estimate of drug-likeness (QED) is 0.394. The predicted molar refractivity (Wildman–Crippen MR) is 92.4 cm³/mol. The second-order valence-corrected chi connectivity index (χ2v) is 5.68. The van der Waals surface area contributed by atoms with Crippen molar-refractivity contribution in [3.63, 3.8) is 0 Å². The maximum Gasteiger partial charge on any atom is 0.159 e. The van der Waals surface area contributed by atoms with E-state index in [4.69, 9.17) is 4.98 Å². The summed E-state index contributed by atoms with van der Waals surface area (Å²) in [4.78, 5) is 20.6. The summed E-state index contributed by atoms with van der Waals surface area (Å²) in [6.07, 6.45) is 3.51. The van der Waals surface area contributed by atoms with Gasteiger partial charge in [0.25, 0.3) is 0 Å². The number of benzene rings is 2. The Labute approximate surface area is 137 Å². The third kappa shape index (κ3) is 2.33. The average molecular weight is 316 g/mol. The molecule has 0 saturated carbocycles. The van der Waals surface area contributed by atoms with Gasteiger partial charge in [-0.25, -0.2) is 9.37 Å². The van der Waals surface area contributed by atoms with E-state index in [-0.39, 0.29) is 11.6 Å². The molecule has 4 rings (SSSR count). The molecule has 0 radical (unpaired) electrons. The van der Waals surface area contributed by atoms with E-state index >= 15 is 0 Å². The van der Waals surface area contributed by atoms with Crippen LogP contribution in [-0.4, -0.2) is 15.8 Å². The van der Waals surface area contributed by atoms with Crippen LogP contribution in [0.4, 0.5) is 4.39 Å². The molecule has 0 atom stereocenters. The van der Waals surface area contributed by atoms with Crippen molar-refractivity contribution in [2.75, 3.05) is 0 Å². The van der Waals surface area contributed by atoms with E-state index in [9.17, 15) is 9.18 Å². The molecule has 0 bridgehead atoms. The lowest BCUT2D eigenvalue weighted by Crippen LogP contribution is -1.95. The number of rotatable bonds is 2. The van der Waals surface area contributed by atoms with Gasteiger partial charge in [0.2, 0.25) is 0 Å². The minimum atomic E-state index is -0.288. The molecule has 4 aromatic rings. The van der Waals surface area contributed by atoms with E-state index in [0.29, 0.717) is 5.56 Å². The fraction of sp³-hybridized carbons (Fsp3) is 0.0500. The molecule has 116 valence electrons. The van der Waals surface area contributed by atoms with Crippen molar-refractivity contribution in [3.05, 3.63) is 72.3 Å². The van der Waals surface area contributed by atoms with Crippen molar-refractivity contribution in [1.29, 1.82) is 0 Å². The molecule has 2 aromatic carbocycles. The number of halogens is 1. The van der Waals surface area contributed by atoms with Crippen LogP contribution in [0.25, 0.3) is 32.9 Å². The number of aromatic nitrogens is 2. The van der Waals surface area contributed by atoms with E-state index in [0.717, 1.165) is 32.9 Å². The second-order valence-electron chi connectivity index (χ2n) is 5.68. The van der Waals surface area contributed by atoms with Crippen molar-refractivity contribution in [2.45, 2.75) is 6.92 Å². The van der Waals surface area contributed by atoms with Gasteiger partial charge < -0.3 is 0 Å². The molecule has 0 aliphatic carbocycles. The van der Waals surface area contributed by atoms with E-state index in [1.165, 1.54) is 19.1 Å². The zero-order valence-electron chi connectivity index (χ0n) is 13.0. The van der Waals surface area contributed by atoms with Gasteiger partial charge in [-0.05, 0) is 43.3 Å². The van der Waals surface area contributed by atoms with Crippen LogP contribution < -0.4 is 0 Å². The zero-order chi connectivity index (χ0) is 16.7. The van der Waals surface area contributed by atoms with Crippen molar-refractivity contribution < 1.29 is 9.18 Å². The Kier molecular flexibility index (Phi) is 3.31. The maximum absolute atomic E-state index is 13.2. The van der Waals surface area contributed by atoms with Gasteiger partial charge in [0.1, 0.15) is 5.82 Å². The number of nitrogens with zero attached hydrogens (tertiary/aromatic N) is 2. The highest BCUT2D eigenvalue weighted by Gasteiger charge is 2.12. The van der Waals surface area contributed by atoms with E-state index in [2.05, 4.69) is 4.98 Å². The van der Waals surface area contributed by atoms with Crippen molar-refractivity contribution in [3.8, 4) is 11.3 Å². The second kappa shape index (κ2) is 5.49. The normalized spacial score (nSPS) is 11.1. The minimum absolute atomic E-state index is 0.00619. The number of carbonyl (C=O) groups is 1. The zero-order valence-corrected chi connectivity index (χ0v) is 13.0. The third-order valence-corrected chi connectivity index (χ3v) is 4.12. The fourth-order valence-corrected chi connectivity index (χ4v) is 2.89. The topological polar surface area (TPSA) is 42.9 Å². The Morgan fingerprint density at radius 2 is 1.75 bits per heavy atom. The number of fused-ring (bicyclic) bond motifs is 3. The molecule has 2 aromatic heterocycles. The lowest BCUT2D eigenvalue weighted by Gasteiger charge is -2.10. The maximum atomic E-state index is 13.2. The summed E-state index contributed by atoms with van der Waals surface area (Å²) < 4.78 is 13.2. The standard InChI is InChI=1S/C20H13FN2O/c1-12(24)14-4-7-16-18-11-22-9-8-17(18)20(23-19(16)10-14)13-2-5-15(21)6-3-13/h2-11H,1H3. The molecule has 0 amide bonds. The summed E-state index contributed by atoms with van der Waals surface area (Å²) in [5.74, 6) is -0.294. The van der Waals surface area contributed by atoms with Gasteiger partial charge in [0.05, 0.1) is 11.2 Å². The first-order chi connectivity index (χ1) is 11.6. The number of ketones is 1. The monoisotopic (exact) mass is 316 g/mol. The molecule has 2 heterocycles. The highest BCUT2D eigenvalue weighted by molar-refractivity contribution is 6.11. The number of hydrogen-bond donors (Lipinski definition) is 0. The van der Waals surface area contributed by atoms with Crippen LogP contribution in [0.2, 0.25) is 0 Å². The highest BCUT2D eigenvalue weighted by atomic mass is 19.1.